The highest BCUT2D eigenvalue weighted by molar-refractivity contribution is 7.15. The summed E-state index contributed by atoms with van der Waals surface area (Å²) < 4.78 is 5.51. The van der Waals surface area contributed by atoms with Gasteiger partial charge in [0.15, 0.2) is 5.13 Å². The van der Waals surface area contributed by atoms with Crippen molar-refractivity contribution in [3.05, 3.63) is 39.3 Å². The van der Waals surface area contributed by atoms with Crippen LogP contribution in [0.4, 0.5) is 5.13 Å². The fourth-order valence-corrected chi connectivity index (χ4v) is 2.26. The number of ether oxygens (including phenoxy) is 1. The summed E-state index contributed by atoms with van der Waals surface area (Å²) >= 11 is 13.1. The van der Waals surface area contributed by atoms with Crippen LogP contribution in [-0.2, 0) is 6.61 Å². The van der Waals surface area contributed by atoms with Gasteiger partial charge in [-0.2, -0.15) is 0 Å². The van der Waals surface area contributed by atoms with Crippen LogP contribution in [-0.4, -0.2) is 4.98 Å². The summed E-state index contributed by atoms with van der Waals surface area (Å²) in [5, 5.41) is 1.63. The Bertz CT molecular complexity index is 481. The molecular weight excluding hydrogens is 267 g/mol. The quantitative estimate of drug-likeness (QED) is 0.930. The second-order valence-electron chi connectivity index (χ2n) is 3.06. The fourth-order valence-electron chi connectivity index (χ4n) is 1.16. The molecule has 1 aromatic carbocycles. The van der Waals surface area contributed by atoms with Crippen molar-refractivity contribution in [2.75, 3.05) is 5.73 Å². The minimum Gasteiger partial charge on any atom is -0.488 e. The lowest BCUT2D eigenvalue weighted by atomic mass is 10.3. The molecule has 0 aliphatic rings. The van der Waals surface area contributed by atoms with Crippen molar-refractivity contribution < 1.29 is 4.74 Å². The van der Waals surface area contributed by atoms with E-state index in [9.17, 15) is 0 Å². The maximum absolute atomic E-state index is 5.84. The molecule has 16 heavy (non-hydrogen) atoms. The summed E-state index contributed by atoms with van der Waals surface area (Å²) in [6, 6.07) is 5.07. The number of anilines is 1. The van der Waals surface area contributed by atoms with Crippen molar-refractivity contribution in [1.29, 1.82) is 0 Å². The van der Waals surface area contributed by atoms with Crippen LogP contribution in [0, 0.1) is 0 Å². The number of nitrogens with two attached hydrogens (primary N) is 1. The van der Waals surface area contributed by atoms with Gasteiger partial charge in [-0.15, -0.1) is 0 Å². The molecule has 84 valence electrons. The van der Waals surface area contributed by atoms with Crippen LogP contribution in [0.25, 0.3) is 0 Å². The molecule has 0 radical (unpaired) electrons. The van der Waals surface area contributed by atoms with E-state index < -0.39 is 0 Å². The Hall–Kier alpha value is -0.970. The van der Waals surface area contributed by atoms with Gasteiger partial charge >= 0.3 is 0 Å². The molecule has 1 heterocycles. The first-order valence-corrected chi connectivity index (χ1v) is 6.00. The van der Waals surface area contributed by atoms with Crippen LogP contribution in [0.15, 0.2) is 24.4 Å². The molecule has 0 spiro atoms. The molecule has 0 saturated heterocycles. The Morgan fingerprint density at radius 3 is 2.50 bits per heavy atom. The van der Waals surface area contributed by atoms with E-state index in [0.717, 1.165) is 4.88 Å². The number of halogens is 2. The molecule has 0 saturated carbocycles. The van der Waals surface area contributed by atoms with E-state index >= 15 is 0 Å². The van der Waals surface area contributed by atoms with Gasteiger partial charge < -0.3 is 10.5 Å². The molecule has 0 atom stereocenters. The second-order valence-corrected chi connectivity index (χ2v) is 5.08. The lowest BCUT2D eigenvalue weighted by Gasteiger charge is -2.05. The minimum atomic E-state index is 0.408. The topological polar surface area (TPSA) is 48.1 Å². The van der Waals surface area contributed by atoms with Gasteiger partial charge in [0.1, 0.15) is 12.4 Å². The summed E-state index contributed by atoms with van der Waals surface area (Å²) in [6.07, 6.45) is 1.69. The van der Waals surface area contributed by atoms with Crippen molar-refractivity contribution in [3.8, 4) is 5.75 Å². The van der Waals surface area contributed by atoms with Gasteiger partial charge in [-0.25, -0.2) is 4.98 Å². The van der Waals surface area contributed by atoms with Gasteiger partial charge in [0.25, 0.3) is 0 Å². The fraction of sp³-hybridized carbons (Fsp3) is 0.100. The van der Waals surface area contributed by atoms with Crippen molar-refractivity contribution in [2.24, 2.45) is 0 Å². The third kappa shape index (κ3) is 3.01. The summed E-state index contributed by atoms with van der Waals surface area (Å²) in [7, 11) is 0. The molecule has 0 bridgehead atoms. The number of aromatic nitrogens is 1. The van der Waals surface area contributed by atoms with Crippen molar-refractivity contribution in [3.63, 3.8) is 0 Å². The number of nitrogen functional groups attached to an aromatic ring is 1. The predicted molar refractivity (Wildman–Crippen MR) is 67.3 cm³/mol. The van der Waals surface area contributed by atoms with E-state index in [1.807, 2.05) is 0 Å². The lowest BCUT2D eigenvalue weighted by molar-refractivity contribution is 0.309. The molecule has 0 aliphatic heterocycles. The monoisotopic (exact) mass is 274 g/mol. The van der Waals surface area contributed by atoms with Gasteiger partial charge in [0, 0.05) is 16.2 Å². The summed E-state index contributed by atoms with van der Waals surface area (Å²) in [4.78, 5) is 4.88. The number of thiazole rings is 1. The predicted octanol–water partition coefficient (Wildman–Crippen LogP) is 3.61. The molecule has 0 unspecified atom stereocenters. The molecule has 0 amide bonds. The van der Waals surface area contributed by atoms with Gasteiger partial charge in [-0.1, -0.05) is 34.5 Å². The van der Waals surface area contributed by atoms with E-state index in [0.29, 0.717) is 27.5 Å². The molecule has 0 fully saturated rings. The number of hydrogen-bond donors (Lipinski definition) is 1. The normalized spacial score (nSPS) is 10.4. The van der Waals surface area contributed by atoms with Crippen molar-refractivity contribution in [2.45, 2.75) is 6.61 Å². The summed E-state index contributed by atoms with van der Waals surface area (Å²) in [6.45, 7) is 0.408. The maximum atomic E-state index is 5.84. The summed E-state index contributed by atoms with van der Waals surface area (Å²) in [5.74, 6) is 0.629. The average Bonchev–Trinajstić information content (AvgIpc) is 2.60. The minimum absolute atomic E-state index is 0.408. The van der Waals surface area contributed by atoms with Gasteiger partial charge in [-0.3, -0.25) is 0 Å². The van der Waals surface area contributed by atoms with Crippen molar-refractivity contribution >= 4 is 39.7 Å². The molecular formula is C10H8Cl2N2OS. The Kier molecular flexibility index (Phi) is 3.53. The van der Waals surface area contributed by atoms with E-state index in [1.54, 1.807) is 24.4 Å². The number of hydrogen-bond acceptors (Lipinski definition) is 4. The van der Waals surface area contributed by atoms with E-state index in [1.165, 1.54) is 11.3 Å². The molecule has 2 aromatic rings. The van der Waals surface area contributed by atoms with Crippen LogP contribution in [0.5, 0.6) is 5.75 Å². The molecule has 2 rings (SSSR count). The Morgan fingerprint density at radius 1 is 1.25 bits per heavy atom. The van der Waals surface area contributed by atoms with Crippen LogP contribution in [0.2, 0.25) is 10.0 Å². The molecule has 2 N–H and O–H groups in total. The SMILES string of the molecule is Nc1ncc(COc2cc(Cl)cc(Cl)c2)s1. The highest BCUT2D eigenvalue weighted by Crippen LogP contribution is 2.25. The zero-order chi connectivity index (χ0) is 11.5. The standard InChI is InChI=1S/C10H8Cl2N2OS/c11-6-1-7(12)3-8(2-6)15-5-9-4-14-10(13)16-9/h1-4H,5H2,(H2,13,14). The zero-order valence-corrected chi connectivity index (χ0v) is 10.4. The largest absolute Gasteiger partial charge is 0.488 e. The first kappa shape index (κ1) is 11.5. The third-order valence-electron chi connectivity index (χ3n) is 1.79. The lowest BCUT2D eigenvalue weighted by Crippen LogP contribution is -1.92. The van der Waals surface area contributed by atoms with Crippen LogP contribution in [0.1, 0.15) is 4.88 Å². The Balaban J connectivity index is 2.04. The number of benzene rings is 1. The van der Waals surface area contributed by atoms with Crippen LogP contribution in [0.3, 0.4) is 0 Å². The first-order chi connectivity index (χ1) is 7.63. The highest BCUT2D eigenvalue weighted by atomic mass is 35.5. The Morgan fingerprint density at radius 2 is 1.94 bits per heavy atom. The van der Waals surface area contributed by atoms with Crippen LogP contribution >= 0.6 is 34.5 Å². The van der Waals surface area contributed by atoms with E-state index in [-0.39, 0.29) is 0 Å². The molecule has 0 aliphatic carbocycles. The van der Waals surface area contributed by atoms with Gasteiger partial charge in [-0.05, 0) is 18.2 Å². The number of nitrogens with zero attached hydrogens (tertiary/aromatic N) is 1. The molecule has 6 heteroatoms. The van der Waals surface area contributed by atoms with Gasteiger partial charge in [0.2, 0.25) is 0 Å². The smallest absolute Gasteiger partial charge is 0.180 e. The van der Waals surface area contributed by atoms with Crippen LogP contribution < -0.4 is 10.5 Å². The van der Waals surface area contributed by atoms with E-state index in [2.05, 4.69) is 4.98 Å². The third-order valence-corrected chi connectivity index (χ3v) is 3.03. The maximum Gasteiger partial charge on any atom is 0.180 e. The summed E-state index contributed by atoms with van der Waals surface area (Å²) in [5.41, 5.74) is 5.51. The second kappa shape index (κ2) is 4.91. The van der Waals surface area contributed by atoms with E-state index in [4.69, 9.17) is 33.7 Å². The molecule has 1 aromatic heterocycles. The first-order valence-electron chi connectivity index (χ1n) is 4.42. The van der Waals surface area contributed by atoms with Gasteiger partial charge in [0.05, 0.1) is 4.88 Å². The zero-order valence-electron chi connectivity index (χ0n) is 8.11. The highest BCUT2D eigenvalue weighted by Gasteiger charge is 2.02. The average molecular weight is 275 g/mol. The Labute approximate surface area is 107 Å². The van der Waals surface area contributed by atoms with Crippen molar-refractivity contribution in [1.82, 2.24) is 4.98 Å². The number of rotatable bonds is 3. The molecule has 3 nitrogen and oxygen atoms in total.